The smallest absolute Gasteiger partial charge is 0.0305 e. The molecule has 0 N–H and O–H groups in total. The standard InChI is InChI=1S/C10H14.2CH4/c1-3-9-7-5-6-8-10(9)4-2;;/h5-8H,3-4H2,1-2H3;2*1H4. The molecule has 1 aromatic rings. The van der Waals surface area contributed by atoms with Gasteiger partial charge >= 0.3 is 0 Å². The van der Waals surface area contributed by atoms with E-state index in [1.54, 1.807) is 0 Å². The van der Waals surface area contributed by atoms with Crippen LogP contribution in [-0.4, -0.2) is 0 Å². The van der Waals surface area contributed by atoms with Gasteiger partial charge in [-0.2, -0.15) is 0 Å². The van der Waals surface area contributed by atoms with E-state index in [0.29, 0.717) is 0 Å². The van der Waals surface area contributed by atoms with Crippen LogP contribution in [0.5, 0.6) is 0 Å². The maximum atomic E-state index is 2.21. The van der Waals surface area contributed by atoms with Gasteiger partial charge in [0.05, 0.1) is 0 Å². The van der Waals surface area contributed by atoms with E-state index in [1.165, 1.54) is 11.1 Å². The summed E-state index contributed by atoms with van der Waals surface area (Å²) < 4.78 is 0. The fourth-order valence-corrected chi connectivity index (χ4v) is 1.25. The molecule has 0 unspecified atom stereocenters. The lowest BCUT2D eigenvalue weighted by Crippen LogP contribution is -1.88. The predicted molar refractivity (Wildman–Crippen MR) is 58.7 cm³/mol. The molecular formula is C12H22. The molecule has 0 saturated heterocycles. The van der Waals surface area contributed by atoms with E-state index in [9.17, 15) is 0 Å². The lowest BCUT2D eigenvalue weighted by Gasteiger charge is -2.02. The maximum absolute atomic E-state index is 2.21. The van der Waals surface area contributed by atoms with Crippen molar-refractivity contribution in [1.29, 1.82) is 0 Å². The summed E-state index contributed by atoms with van der Waals surface area (Å²) in [6, 6.07) is 8.63. The first kappa shape index (κ1) is 13.8. The molecule has 0 aromatic heterocycles. The number of hydrogen-bond donors (Lipinski definition) is 0. The van der Waals surface area contributed by atoms with Crippen molar-refractivity contribution in [2.45, 2.75) is 41.5 Å². The van der Waals surface area contributed by atoms with E-state index in [4.69, 9.17) is 0 Å². The quantitative estimate of drug-likeness (QED) is 0.621. The molecule has 0 radical (unpaired) electrons. The maximum Gasteiger partial charge on any atom is -0.0305 e. The number of benzene rings is 1. The van der Waals surface area contributed by atoms with Gasteiger partial charge in [-0.05, 0) is 24.0 Å². The molecule has 0 heterocycles. The van der Waals surface area contributed by atoms with Crippen LogP contribution in [0.2, 0.25) is 0 Å². The Morgan fingerprint density at radius 1 is 0.833 bits per heavy atom. The highest BCUT2D eigenvalue weighted by Crippen LogP contribution is 2.08. The molecule has 0 aliphatic heterocycles. The van der Waals surface area contributed by atoms with Crippen LogP contribution in [0.1, 0.15) is 39.8 Å². The zero-order chi connectivity index (χ0) is 7.40. The summed E-state index contributed by atoms with van der Waals surface area (Å²) in [6.45, 7) is 4.41. The molecule has 70 valence electrons. The van der Waals surface area contributed by atoms with Crippen molar-refractivity contribution in [1.82, 2.24) is 0 Å². The molecule has 0 amide bonds. The first-order valence-corrected chi connectivity index (χ1v) is 3.95. The molecule has 0 heteroatoms. The third kappa shape index (κ3) is 3.08. The minimum Gasteiger partial charge on any atom is -0.0776 e. The van der Waals surface area contributed by atoms with Crippen molar-refractivity contribution in [3.63, 3.8) is 0 Å². The average molecular weight is 166 g/mol. The number of rotatable bonds is 2. The molecule has 0 saturated carbocycles. The van der Waals surface area contributed by atoms with Gasteiger partial charge in [0, 0.05) is 0 Å². The van der Waals surface area contributed by atoms with Crippen molar-refractivity contribution in [3.8, 4) is 0 Å². The summed E-state index contributed by atoms with van der Waals surface area (Å²) in [5.41, 5.74) is 2.98. The van der Waals surface area contributed by atoms with Gasteiger partial charge < -0.3 is 0 Å². The average Bonchev–Trinajstić information content (AvgIpc) is 2.04. The fourth-order valence-electron chi connectivity index (χ4n) is 1.25. The highest BCUT2D eigenvalue weighted by Gasteiger charge is 1.93. The summed E-state index contributed by atoms with van der Waals surface area (Å²) in [4.78, 5) is 0. The van der Waals surface area contributed by atoms with E-state index < -0.39 is 0 Å². The lowest BCUT2D eigenvalue weighted by atomic mass is 10.0. The Hall–Kier alpha value is -0.780. The Balaban J connectivity index is 0. The van der Waals surface area contributed by atoms with Crippen LogP contribution in [0.15, 0.2) is 24.3 Å². The zero-order valence-corrected chi connectivity index (χ0v) is 6.72. The van der Waals surface area contributed by atoms with E-state index in [2.05, 4.69) is 38.1 Å². The van der Waals surface area contributed by atoms with Crippen LogP contribution in [0.25, 0.3) is 0 Å². The van der Waals surface area contributed by atoms with Crippen LogP contribution < -0.4 is 0 Å². The predicted octanol–water partition coefficient (Wildman–Crippen LogP) is 4.08. The van der Waals surface area contributed by atoms with Crippen LogP contribution >= 0.6 is 0 Å². The highest BCUT2D eigenvalue weighted by molar-refractivity contribution is 5.26. The first-order chi connectivity index (χ1) is 4.88. The van der Waals surface area contributed by atoms with Gasteiger partial charge in [-0.3, -0.25) is 0 Å². The van der Waals surface area contributed by atoms with Gasteiger partial charge in [0.25, 0.3) is 0 Å². The lowest BCUT2D eigenvalue weighted by molar-refractivity contribution is 1.04. The second kappa shape index (κ2) is 6.90. The molecule has 0 nitrogen and oxygen atoms in total. The van der Waals surface area contributed by atoms with E-state index in [0.717, 1.165) is 12.8 Å². The molecule has 0 spiro atoms. The largest absolute Gasteiger partial charge is 0.0776 e. The fraction of sp³-hybridized carbons (Fsp3) is 0.500. The molecule has 0 fully saturated rings. The SMILES string of the molecule is C.C.CCc1ccccc1CC. The van der Waals surface area contributed by atoms with Crippen molar-refractivity contribution in [3.05, 3.63) is 35.4 Å². The summed E-state index contributed by atoms with van der Waals surface area (Å²) in [5.74, 6) is 0. The Morgan fingerprint density at radius 2 is 1.17 bits per heavy atom. The van der Waals surface area contributed by atoms with E-state index in [-0.39, 0.29) is 14.9 Å². The van der Waals surface area contributed by atoms with E-state index in [1.807, 2.05) is 0 Å². The number of aryl methyl sites for hydroxylation is 2. The van der Waals surface area contributed by atoms with E-state index >= 15 is 0 Å². The summed E-state index contributed by atoms with van der Waals surface area (Å²) in [7, 11) is 0. The second-order valence-electron chi connectivity index (χ2n) is 2.48. The normalized spacial score (nSPS) is 8.17. The third-order valence-corrected chi connectivity index (χ3v) is 1.88. The second-order valence-corrected chi connectivity index (χ2v) is 2.48. The van der Waals surface area contributed by atoms with Gasteiger partial charge in [0.2, 0.25) is 0 Å². The Bertz CT molecular complexity index is 178. The molecule has 12 heavy (non-hydrogen) atoms. The van der Waals surface area contributed by atoms with Crippen molar-refractivity contribution < 1.29 is 0 Å². The molecule has 1 aromatic carbocycles. The van der Waals surface area contributed by atoms with Crippen molar-refractivity contribution >= 4 is 0 Å². The van der Waals surface area contributed by atoms with Crippen molar-refractivity contribution in [2.75, 3.05) is 0 Å². The Labute approximate surface area is 77.6 Å². The zero-order valence-electron chi connectivity index (χ0n) is 6.72. The summed E-state index contributed by atoms with van der Waals surface area (Å²) in [6.07, 6.45) is 2.31. The first-order valence-electron chi connectivity index (χ1n) is 3.95. The minimum atomic E-state index is 0. The molecular weight excluding hydrogens is 144 g/mol. The summed E-state index contributed by atoms with van der Waals surface area (Å²) in [5, 5.41) is 0. The van der Waals surface area contributed by atoms with Crippen LogP contribution in [0, 0.1) is 0 Å². The van der Waals surface area contributed by atoms with Gasteiger partial charge in [0.1, 0.15) is 0 Å². The van der Waals surface area contributed by atoms with Crippen LogP contribution in [0.3, 0.4) is 0 Å². The topological polar surface area (TPSA) is 0 Å². The molecule has 0 atom stereocenters. The van der Waals surface area contributed by atoms with Gasteiger partial charge in [-0.25, -0.2) is 0 Å². The highest BCUT2D eigenvalue weighted by atomic mass is 14.0. The van der Waals surface area contributed by atoms with Gasteiger partial charge in [0.15, 0.2) is 0 Å². The summed E-state index contributed by atoms with van der Waals surface area (Å²) >= 11 is 0. The van der Waals surface area contributed by atoms with Crippen LogP contribution in [0.4, 0.5) is 0 Å². The molecule has 0 aliphatic carbocycles. The van der Waals surface area contributed by atoms with Crippen LogP contribution in [-0.2, 0) is 12.8 Å². The molecule has 1 rings (SSSR count). The minimum absolute atomic E-state index is 0. The Kier molecular flexibility index (Phi) is 7.93. The monoisotopic (exact) mass is 166 g/mol. The van der Waals surface area contributed by atoms with Crippen molar-refractivity contribution in [2.24, 2.45) is 0 Å². The van der Waals surface area contributed by atoms with Gasteiger partial charge in [-0.15, -0.1) is 0 Å². The molecule has 0 aliphatic rings. The van der Waals surface area contributed by atoms with Gasteiger partial charge in [-0.1, -0.05) is 53.0 Å². The number of hydrogen-bond acceptors (Lipinski definition) is 0. The Morgan fingerprint density at radius 3 is 1.42 bits per heavy atom. The third-order valence-electron chi connectivity index (χ3n) is 1.88. The molecule has 0 bridgehead atoms.